The maximum atomic E-state index is 12.8. The normalized spacial score (nSPS) is 11.8. The van der Waals surface area contributed by atoms with E-state index in [-0.39, 0.29) is 11.9 Å². The Kier molecular flexibility index (Phi) is 5.29. The highest BCUT2D eigenvalue weighted by Gasteiger charge is 2.19. The topological polar surface area (TPSA) is 42.0 Å². The zero-order valence-electron chi connectivity index (χ0n) is 14.2. The number of aromatic nitrogens is 1. The highest BCUT2D eigenvalue weighted by atomic mass is 79.9. The number of benzene rings is 2. The van der Waals surface area contributed by atoms with Crippen LogP contribution in [0.15, 0.2) is 71.5 Å². The number of carbonyl (C=O) groups excluding carboxylic acids is 1. The zero-order valence-corrected chi connectivity index (χ0v) is 15.7. The van der Waals surface area contributed by atoms with Crippen molar-refractivity contribution in [1.82, 2.24) is 10.3 Å². The zero-order chi connectivity index (χ0) is 17.8. The first-order valence-electron chi connectivity index (χ1n) is 8.08. The maximum absolute atomic E-state index is 12.8. The Balaban J connectivity index is 1.99. The van der Waals surface area contributed by atoms with Gasteiger partial charge in [-0.2, -0.15) is 0 Å². The molecule has 1 heterocycles. The van der Waals surface area contributed by atoms with E-state index >= 15 is 0 Å². The summed E-state index contributed by atoms with van der Waals surface area (Å²) in [6.45, 7) is 4.16. The minimum atomic E-state index is -0.257. The molecule has 4 heteroatoms. The number of nitrogens with zero attached hydrogens (tertiary/aromatic N) is 1. The Labute approximate surface area is 156 Å². The third-order valence-electron chi connectivity index (χ3n) is 4.28. The lowest BCUT2D eigenvalue weighted by Gasteiger charge is -2.21. The second-order valence-corrected chi connectivity index (χ2v) is 6.87. The summed E-state index contributed by atoms with van der Waals surface area (Å²) in [6, 6.07) is 17.3. The molecule has 2 aromatic carbocycles. The molecule has 3 rings (SSSR count). The highest BCUT2D eigenvalue weighted by molar-refractivity contribution is 9.10. The molecule has 1 amide bonds. The summed E-state index contributed by atoms with van der Waals surface area (Å²) in [5.74, 6) is -0.125. The van der Waals surface area contributed by atoms with Crippen LogP contribution in [0.2, 0.25) is 0 Å². The first-order chi connectivity index (χ1) is 12.1. The molecule has 0 saturated carbocycles. The van der Waals surface area contributed by atoms with Crippen molar-refractivity contribution in [1.29, 1.82) is 0 Å². The van der Waals surface area contributed by atoms with Gasteiger partial charge in [-0.05, 0) is 70.2 Å². The SMILES string of the molecule is Cc1ccc([C@@H](NC(=O)c2ccccc2Br)c2cccnc2)cc1C. The number of hydrogen-bond acceptors (Lipinski definition) is 2. The average molecular weight is 395 g/mol. The van der Waals surface area contributed by atoms with Gasteiger partial charge in [-0.25, -0.2) is 0 Å². The molecule has 0 fully saturated rings. The molecule has 0 aliphatic rings. The largest absolute Gasteiger partial charge is 0.341 e. The molecule has 0 spiro atoms. The summed E-state index contributed by atoms with van der Waals surface area (Å²) < 4.78 is 0.775. The predicted molar refractivity (Wildman–Crippen MR) is 104 cm³/mol. The lowest BCUT2D eigenvalue weighted by atomic mass is 9.96. The molecule has 3 nitrogen and oxygen atoms in total. The summed E-state index contributed by atoms with van der Waals surface area (Å²) in [6.07, 6.45) is 3.52. The van der Waals surface area contributed by atoms with E-state index in [9.17, 15) is 4.79 Å². The first-order valence-corrected chi connectivity index (χ1v) is 8.88. The number of hydrogen-bond donors (Lipinski definition) is 1. The van der Waals surface area contributed by atoms with Crippen molar-refractivity contribution in [2.24, 2.45) is 0 Å². The van der Waals surface area contributed by atoms with Gasteiger partial charge in [0.2, 0.25) is 0 Å². The molecule has 3 aromatic rings. The van der Waals surface area contributed by atoms with Gasteiger partial charge in [-0.15, -0.1) is 0 Å². The molecule has 0 unspecified atom stereocenters. The second-order valence-electron chi connectivity index (χ2n) is 6.02. The Morgan fingerprint density at radius 2 is 1.80 bits per heavy atom. The van der Waals surface area contributed by atoms with Crippen LogP contribution in [0.5, 0.6) is 0 Å². The van der Waals surface area contributed by atoms with Gasteiger partial charge in [-0.1, -0.05) is 36.4 Å². The number of rotatable bonds is 4. The fraction of sp³-hybridized carbons (Fsp3) is 0.143. The molecule has 1 aromatic heterocycles. The minimum absolute atomic E-state index is 0.125. The smallest absolute Gasteiger partial charge is 0.253 e. The van der Waals surface area contributed by atoms with Gasteiger partial charge in [0.25, 0.3) is 5.91 Å². The molecule has 126 valence electrons. The lowest BCUT2D eigenvalue weighted by Crippen LogP contribution is -2.29. The van der Waals surface area contributed by atoms with E-state index in [1.54, 1.807) is 18.5 Å². The van der Waals surface area contributed by atoms with Crippen molar-refractivity contribution in [3.05, 3.63) is 99.3 Å². The molecule has 0 bridgehead atoms. The maximum Gasteiger partial charge on any atom is 0.253 e. The Morgan fingerprint density at radius 3 is 2.48 bits per heavy atom. The van der Waals surface area contributed by atoms with Crippen molar-refractivity contribution >= 4 is 21.8 Å². The predicted octanol–water partition coefficient (Wildman–Crippen LogP) is 4.98. The van der Waals surface area contributed by atoms with Gasteiger partial charge < -0.3 is 5.32 Å². The van der Waals surface area contributed by atoms with Crippen LogP contribution >= 0.6 is 15.9 Å². The van der Waals surface area contributed by atoms with E-state index in [1.807, 2.05) is 30.3 Å². The van der Waals surface area contributed by atoms with Crippen LogP contribution < -0.4 is 5.32 Å². The Morgan fingerprint density at radius 1 is 1.00 bits per heavy atom. The van der Waals surface area contributed by atoms with Crippen molar-refractivity contribution in [3.63, 3.8) is 0 Å². The number of carbonyl (C=O) groups is 1. The van der Waals surface area contributed by atoms with Crippen LogP contribution in [-0.2, 0) is 0 Å². The molecular weight excluding hydrogens is 376 g/mol. The summed E-state index contributed by atoms with van der Waals surface area (Å²) >= 11 is 3.45. The average Bonchev–Trinajstić information content (AvgIpc) is 2.63. The third kappa shape index (κ3) is 3.97. The summed E-state index contributed by atoms with van der Waals surface area (Å²) in [7, 11) is 0. The van der Waals surface area contributed by atoms with E-state index in [2.05, 4.69) is 58.3 Å². The second kappa shape index (κ2) is 7.62. The van der Waals surface area contributed by atoms with E-state index < -0.39 is 0 Å². The standard InChI is InChI=1S/C21H19BrN2O/c1-14-9-10-16(12-15(14)2)20(17-6-5-11-23-13-17)24-21(25)18-7-3-4-8-19(18)22/h3-13,20H,1-2H3,(H,24,25)/t20-/m1/s1. The van der Waals surface area contributed by atoms with Gasteiger partial charge in [0, 0.05) is 16.9 Å². The molecule has 0 aliphatic heterocycles. The van der Waals surface area contributed by atoms with Crippen LogP contribution in [0.4, 0.5) is 0 Å². The van der Waals surface area contributed by atoms with Crippen LogP contribution in [0, 0.1) is 13.8 Å². The Bertz CT molecular complexity index is 893. The van der Waals surface area contributed by atoms with E-state index in [4.69, 9.17) is 0 Å². The lowest BCUT2D eigenvalue weighted by molar-refractivity contribution is 0.0942. The van der Waals surface area contributed by atoms with E-state index in [0.717, 1.165) is 15.6 Å². The number of amides is 1. The van der Waals surface area contributed by atoms with E-state index in [0.29, 0.717) is 5.56 Å². The summed E-state index contributed by atoms with van der Waals surface area (Å²) in [5, 5.41) is 3.14. The van der Waals surface area contributed by atoms with Crippen LogP contribution in [0.1, 0.15) is 38.7 Å². The molecule has 25 heavy (non-hydrogen) atoms. The number of nitrogens with one attached hydrogen (secondary N) is 1. The van der Waals surface area contributed by atoms with Crippen LogP contribution in [0.3, 0.4) is 0 Å². The van der Waals surface area contributed by atoms with Gasteiger partial charge in [0.05, 0.1) is 11.6 Å². The van der Waals surface area contributed by atoms with E-state index in [1.165, 1.54) is 11.1 Å². The number of pyridine rings is 1. The van der Waals surface area contributed by atoms with Crippen molar-refractivity contribution < 1.29 is 4.79 Å². The van der Waals surface area contributed by atoms with Crippen molar-refractivity contribution in [2.45, 2.75) is 19.9 Å². The fourth-order valence-electron chi connectivity index (χ4n) is 2.70. The quantitative estimate of drug-likeness (QED) is 0.677. The Hall–Kier alpha value is -2.46. The number of aryl methyl sites for hydroxylation is 2. The summed E-state index contributed by atoms with van der Waals surface area (Å²) in [4.78, 5) is 17.0. The monoisotopic (exact) mass is 394 g/mol. The summed E-state index contributed by atoms with van der Waals surface area (Å²) in [5.41, 5.74) is 5.02. The van der Waals surface area contributed by atoms with Gasteiger partial charge in [-0.3, -0.25) is 9.78 Å². The van der Waals surface area contributed by atoms with Crippen molar-refractivity contribution in [2.75, 3.05) is 0 Å². The first kappa shape index (κ1) is 17.4. The van der Waals surface area contributed by atoms with Crippen molar-refractivity contribution in [3.8, 4) is 0 Å². The molecule has 1 atom stereocenters. The van der Waals surface area contributed by atoms with Gasteiger partial charge in [0.1, 0.15) is 0 Å². The third-order valence-corrected chi connectivity index (χ3v) is 4.97. The van der Waals surface area contributed by atoms with Crippen LogP contribution in [0.25, 0.3) is 0 Å². The van der Waals surface area contributed by atoms with Crippen LogP contribution in [-0.4, -0.2) is 10.9 Å². The molecule has 0 saturated heterocycles. The number of halogens is 1. The fourth-order valence-corrected chi connectivity index (χ4v) is 3.17. The molecule has 1 N–H and O–H groups in total. The van der Waals surface area contributed by atoms with Gasteiger partial charge >= 0.3 is 0 Å². The highest BCUT2D eigenvalue weighted by Crippen LogP contribution is 2.25. The minimum Gasteiger partial charge on any atom is -0.341 e. The molecule has 0 radical (unpaired) electrons. The molecule has 0 aliphatic carbocycles. The molecular formula is C21H19BrN2O. The van der Waals surface area contributed by atoms with Gasteiger partial charge in [0.15, 0.2) is 0 Å².